The van der Waals surface area contributed by atoms with Gasteiger partial charge in [0.05, 0.1) is 5.69 Å². The SMILES string of the molecule is Cc1ccc(N=N[C@H]2C(=O)NN=C2C(F)(F)F)cc1. The van der Waals surface area contributed by atoms with Crippen molar-refractivity contribution in [2.75, 3.05) is 0 Å². The molecule has 1 atom stereocenters. The van der Waals surface area contributed by atoms with Crippen LogP contribution in [0.15, 0.2) is 39.6 Å². The normalized spacial score (nSPS) is 19.7. The molecule has 0 radical (unpaired) electrons. The van der Waals surface area contributed by atoms with Crippen molar-refractivity contribution >= 4 is 17.3 Å². The molecule has 2 rings (SSSR count). The van der Waals surface area contributed by atoms with Crippen LogP contribution in [0.3, 0.4) is 0 Å². The number of hydrazone groups is 1. The number of carbonyl (C=O) groups is 1. The van der Waals surface area contributed by atoms with Gasteiger partial charge in [0.2, 0.25) is 0 Å². The Morgan fingerprint density at radius 2 is 1.89 bits per heavy atom. The quantitative estimate of drug-likeness (QED) is 0.824. The number of azo groups is 1. The number of nitrogens with zero attached hydrogens (tertiary/aromatic N) is 3. The fourth-order valence-corrected chi connectivity index (χ4v) is 1.42. The summed E-state index contributed by atoms with van der Waals surface area (Å²) in [5.41, 5.74) is 1.81. The van der Waals surface area contributed by atoms with Crippen LogP contribution in [0.2, 0.25) is 0 Å². The highest BCUT2D eigenvalue weighted by Gasteiger charge is 2.47. The van der Waals surface area contributed by atoms with Crippen LogP contribution in [0.5, 0.6) is 0 Å². The number of rotatable bonds is 2. The van der Waals surface area contributed by atoms with Gasteiger partial charge in [0.25, 0.3) is 5.91 Å². The summed E-state index contributed by atoms with van der Waals surface area (Å²) in [6.45, 7) is 1.86. The number of halogens is 3. The molecule has 1 aromatic carbocycles. The van der Waals surface area contributed by atoms with Gasteiger partial charge < -0.3 is 0 Å². The van der Waals surface area contributed by atoms with Crippen molar-refractivity contribution in [3.63, 3.8) is 0 Å². The van der Waals surface area contributed by atoms with E-state index in [9.17, 15) is 18.0 Å². The molecule has 5 nitrogen and oxygen atoms in total. The van der Waals surface area contributed by atoms with Crippen molar-refractivity contribution in [1.29, 1.82) is 0 Å². The average molecular weight is 270 g/mol. The van der Waals surface area contributed by atoms with Gasteiger partial charge in [0, 0.05) is 0 Å². The molecular weight excluding hydrogens is 261 g/mol. The van der Waals surface area contributed by atoms with Crippen LogP contribution < -0.4 is 5.43 Å². The van der Waals surface area contributed by atoms with E-state index in [1.54, 1.807) is 29.7 Å². The van der Waals surface area contributed by atoms with Crippen molar-refractivity contribution in [3.05, 3.63) is 29.8 Å². The molecule has 0 fully saturated rings. The van der Waals surface area contributed by atoms with Gasteiger partial charge in [0.15, 0.2) is 11.8 Å². The van der Waals surface area contributed by atoms with E-state index in [0.29, 0.717) is 5.69 Å². The van der Waals surface area contributed by atoms with Gasteiger partial charge in [0.1, 0.15) is 0 Å². The van der Waals surface area contributed by atoms with Crippen molar-refractivity contribution in [1.82, 2.24) is 5.43 Å². The molecule has 1 amide bonds. The minimum absolute atomic E-state index is 0.367. The van der Waals surface area contributed by atoms with Gasteiger partial charge >= 0.3 is 6.18 Å². The second kappa shape index (κ2) is 4.79. The summed E-state index contributed by atoms with van der Waals surface area (Å²) in [5.74, 6) is -0.941. The Hall–Kier alpha value is -2.25. The Balaban J connectivity index is 2.19. The second-order valence-corrected chi connectivity index (χ2v) is 3.92. The Labute approximate surface area is 106 Å². The summed E-state index contributed by atoms with van der Waals surface area (Å²) in [7, 11) is 0. The van der Waals surface area contributed by atoms with Crippen molar-refractivity contribution < 1.29 is 18.0 Å². The number of hydrogen-bond donors (Lipinski definition) is 1. The number of aryl methyl sites for hydroxylation is 1. The monoisotopic (exact) mass is 270 g/mol. The van der Waals surface area contributed by atoms with Crippen LogP contribution in [-0.2, 0) is 4.79 Å². The first-order valence-corrected chi connectivity index (χ1v) is 5.30. The number of hydrogen-bond acceptors (Lipinski definition) is 4. The van der Waals surface area contributed by atoms with Gasteiger partial charge in [-0.05, 0) is 19.1 Å². The zero-order valence-electron chi connectivity index (χ0n) is 9.77. The van der Waals surface area contributed by atoms with Gasteiger partial charge in [-0.15, -0.1) is 0 Å². The van der Waals surface area contributed by atoms with Crippen LogP contribution in [0, 0.1) is 6.92 Å². The summed E-state index contributed by atoms with van der Waals surface area (Å²) in [4.78, 5) is 11.2. The first kappa shape index (κ1) is 13.2. The lowest BCUT2D eigenvalue weighted by Gasteiger charge is -2.07. The van der Waals surface area contributed by atoms with E-state index < -0.39 is 23.8 Å². The van der Waals surface area contributed by atoms with E-state index in [1.807, 2.05) is 6.92 Å². The predicted molar refractivity (Wildman–Crippen MR) is 61.1 cm³/mol. The van der Waals surface area contributed by atoms with E-state index in [0.717, 1.165) is 5.56 Å². The molecule has 1 N–H and O–H groups in total. The topological polar surface area (TPSA) is 66.2 Å². The van der Waals surface area contributed by atoms with E-state index in [1.165, 1.54) is 0 Å². The fourth-order valence-electron chi connectivity index (χ4n) is 1.42. The molecule has 1 aromatic rings. The predicted octanol–water partition coefficient (Wildman–Crippen LogP) is 2.50. The first-order valence-electron chi connectivity index (χ1n) is 5.30. The lowest BCUT2D eigenvalue weighted by Crippen LogP contribution is -2.35. The maximum absolute atomic E-state index is 12.5. The highest BCUT2D eigenvalue weighted by molar-refractivity contribution is 6.14. The zero-order chi connectivity index (χ0) is 14.0. The maximum Gasteiger partial charge on any atom is 0.433 e. The Kier molecular flexibility index (Phi) is 3.32. The fraction of sp³-hybridized carbons (Fsp3) is 0.273. The largest absolute Gasteiger partial charge is 0.433 e. The standard InChI is InChI=1S/C11H9F3N4O/c1-6-2-4-7(5-3-6)15-16-8-9(11(12,13)14)17-18-10(8)19/h2-5,8H,1H3,(H,18,19)/t8-/m1/s1. The van der Waals surface area contributed by atoms with Crippen molar-refractivity contribution in [2.45, 2.75) is 19.1 Å². The van der Waals surface area contributed by atoms with E-state index >= 15 is 0 Å². The number of benzene rings is 1. The average Bonchev–Trinajstić information content (AvgIpc) is 2.70. The molecule has 100 valence electrons. The highest BCUT2D eigenvalue weighted by Crippen LogP contribution is 2.24. The Morgan fingerprint density at radius 3 is 2.47 bits per heavy atom. The maximum atomic E-state index is 12.5. The number of amides is 1. The Morgan fingerprint density at radius 1 is 1.26 bits per heavy atom. The number of carbonyl (C=O) groups excluding carboxylic acids is 1. The lowest BCUT2D eigenvalue weighted by molar-refractivity contribution is -0.120. The third-order valence-corrected chi connectivity index (χ3v) is 2.41. The summed E-state index contributed by atoms with van der Waals surface area (Å²) in [6, 6.07) is 4.91. The summed E-state index contributed by atoms with van der Waals surface area (Å²) in [6.07, 6.45) is -4.71. The molecule has 0 bridgehead atoms. The molecule has 0 aliphatic carbocycles. The zero-order valence-corrected chi connectivity index (χ0v) is 9.77. The van der Waals surface area contributed by atoms with E-state index in [2.05, 4.69) is 15.3 Å². The van der Waals surface area contributed by atoms with Gasteiger partial charge in [-0.3, -0.25) is 4.79 Å². The highest BCUT2D eigenvalue weighted by atomic mass is 19.4. The number of nitrogens with one attached hydrogen (secondary N) is 1. The third-order valence-electron chi connectivity index (χ3n) is 2.41. The van der Waals surface area contributed by atoms with Crippen molar-refractivity contribution in [3.8, 4) is 0 Å². The number of alkyl halides is 3. The smallest absolute Gasteiger partial charge is 0.270 e. The van der Waals surface area contributed by atoms with Gasteiger partial charge in [-0.2, -0.15) is 28.5 Å². The van der Waals surface area contributed by atoms with E-state index in [4.69, 9.17) is 0 Å². The van der Waals surface area contributed by atoms with Crippen LogP contribution in [-0.4, -0.2) is 23.8 Å². The van der Waals surface area contributed by atoms with E-state index in [-0.39, 0.29) is 0 Å². The molecular formula is C11H9F3N4O. The molecule has 0 aromatic heterocycles. The molecule has 0 spiro atoms. The van der Waals surface area contributed by atoms with Crippen LogP contribution in [0.4, 0.5) is 18.9 Å². The second-order valence-electron chi connectivity index (χ2n) is 3.92. The lowest BCUT2D eigenvalue weighted by atomic mass is 10.2. The third kappa shape index (κ3) is 2.95. The molecule has 0 unspecified atom stereocenters. The molecule has 8 heteroatoms. The van der Waals surface area contributed by atoms with Gasteiger partial charge in [-0.25, -0.2) is 5.43 Å². The first-order chi connectivity index (χ1) is 8.88. The minimum atomic E-state index is -4.71. The molecule has 1 aliphatic heterocycles. The molecule has 1 heterocycles. The molecule has 1 aliphatic rings. The summed E-state index contributed by atoms with van der Waals surface area (Å²) < 4.78 is 37.6. The summed E-state index contributed by atoms with van der Waals surface area (Å²) >= 11 is 0. The molecule has 0 saturated heterocycles. The van der Waals surface area contributed by atoms with Crippen LogP contribution in [0.1, 0.15) is 5.56 Å². The summed E-state index contributed by atoms with van der Waals surface area (Å²) in [5, 5.41) is 9.98. The Bertz CT molecular complexity index is 548. The van der Waals surface area contributed by atoms with Crippen molar-refractivity contribution in [2.24, 2.45) is 15.3 Å². The molecule has 0 saturated carbocycles. The van der Waals surface area contributed by atoms with Crippen LogP contribution in [0.25, 0.3) is 0 Å². The van der Waals surface area contributed by atoms with Crippen LogP contribution >= 0.6 is 0 Å². The molecule has 19 heavy (non-hydrogen) atoms. The van der Waals surface area contributed by atoms with Gasteiger partial charge in [-0.1, -0.05) is 17.7 Å². The minimum Gasteiger partial charge on any atom is -0.270 e.